The number of benzene rings is 2. The Balaban J connectivity index is 1.81. The number of aryl methyl sites for hydroxylation is 1. The Morgan fingerprint density at radius 2 is 1.77 bits per heavy atom. The zero-order chi connectivity index (χ0) is 19.3. The molecule has 0 aliphatic heterocycles. The van der Waals surface area contributed by atoms with Crippen LogP contribution >= 0.6 is 11.6 Å². The Kier molecular flexibility index (Phi) is 4.76. The maximum atomic E-state index is 12.9. The van der Waals surface area contributed by atoms with Crippen molar-refractivity contribution < 1.29 is 13.2 Å². The fourth-order valence-corrected chi connectivity index (χ4v) is 4.56. The van der Waals surface area contributed by atoms with Crippen molar-refractivity contribution >= 4 is 27.4 Å². The molecule has 2 aromatic rings. The van der Waals surface area contributed by atoms with Crippen molar-refractivity contribution in [3.05, 3.63) is 64.2 Å². The van der Waals surface area contributed by atoms with Crippen molar-refractivity contribution in [2.45, 2.75) is 38.0 Å². The number of Topliss-reactive ketones (excluding diaryl/α,β-unsaturated/α-hetero) is 1. The largest absolute Gasteiger partial charge is 0.299 e. The summed E-state index contributed by atoms with van der Waals surface area (Å²) in [6.45, 7) is 6.11. The third-order valence-electron chi connectivity index (χ3n) is 5.42. The van der Waals surface area contributed by atoms with Gasteiger partial charge < -0.3 is 0 Å². The molecule has 138 valence electrons. The highest BCUT2D eigenvalue weighted by Crippen LogP contribution is 2.65. The molecule has 26 heavy (non-hydrogen) atoms. The number of carbonyl (C=O) groups is 1. The van der Waals surface area contributed by atoms with Crippen molar-refractivity contribution in [1.82, 2.24) is 0 Å². The molecule has 0 spiro atoms. The van der Waals surface area contributed by atoms with E-state index in [-0.39, 0.29) is 27.9 Å². The number of rotatable bonds is 5. The van der Waals surface area contributed by atoms with Gasteiger partial charge in [-0.25, -0.2) is 13.6 Å². The number of nitrogens with two attached hydrogens (primary N) is 1. The van der Waals surface area contributed by atoms with Gasteiger partial charge >= 0.3 is 0 Å². The normalized spacial score (nSPS) is 21.4. The highest BCUT2D eigenvalue weighted by molar-refractivity contribution is 7.89. The van der Waals surface area contributed by atoms with Crippen LogP contribution in [0, 0.1) is 18.3 Å². The summed E-state index contributed by atoms with van der Waals surface area (Å²) in [7, 11) is -3.71. The molecule has 0 aromatic heterocycles. The van der Waals surface area contributed by atoms with E-state index in [1.54, 1.807) is 12.1 Å². The molecule has 3 rings (SSSR count). The summed E-state index contributed by atoms with van der Waals surface area (Å²) in [5, 5.41) is 5.78. The Morgan fingerprint density at radius 1 is 1.15 bits per heavy atom. The van der Waals surface area contributed by atoms with E-state index in [1.807, 2.05) is 25.1 Å². The van der Waals surface area contributed by atoms with Crippen LogP contribution < -0.4 is 5.14 Å². The molecule has 1 fully saturated rings. The topological polar surface area (TPSA) is 77.2 Å². The molecule has 2 N–H and O–H groups in total. The van der Waals surface area contributed by atoms with Crippen molar-refractivity contribution in [2.24, 2.45) is 16.5 Å². The van der Waals surface area contributed by atoms with E-state index in [1.165, 1.54) is 12.1 Å². The second-order valence-corrected chi connectivity index (χ2v) is 9.60. The van der Waals surface area contributed by atoms with Crippen molar-refractivity contribution in [1.29, 1.82) is 0 Å². The van der Waals surface area contributed by atoms with Gasteiger partial charge in [-0.3, -0.25) is 4.79 Å². The number of hydrogen-bond donors (Lipinski definition) is 1. The smallest absolute Gasteiger partial charge is 0.238 e. The Hall–Kier alpha value is -1.69. The molecule has 2 aromatic carbocycles. The minimum atomic E-state index is -3.71. The van der Waals surface area contributed by atoms with Gasteiger partial charge in [-0.1, -0.05) is 43.6 Å². The van der Waals surface area contributed by atoms with Crippen LogP contribution in [0.2, 0.25) is 5.02 Å². The Morgan fingerprint density at radius 3 is 2.35 bits per heavy atom. The average Bonchev–Trinajstić information content (AvgIpc) is 3.12. The van der Waals surface area contributed by atoms with Crippen LogP contribution in [0.5, 0.6) is 0 Å². The second kappa shape index (κ2) is 6.48. The highest BCUT2D eigenvalue weighted by Gasteiger charge is 2.61. The molecule has 0 bridgehead atoms. The summed E-state index contributed by atoms with van der Waals surface area (Å²) in [6.07, 6.45) is 0.353. The molecule has 1 saturated carbocycles. The van der Waals surface area contributed by atoms with Crippen molar-refractivity contribution in [2.75, 3.05) is 0 Å². The maximum Gasteiger partial charge on any atom is 0.238 e. The van der Waals surface area contributed by atoms with Gasteiger partial charge in [-0.05, 0) is 59.2 Å². The van der Waals surface area contributed by atoms with E-state index in [9.17, 15) is 13.2 Å². The molecule has 1 aliphatic rings. The molecule has 0 radical (unpaired) electrons. The van der Waals surface area contributed by atoms with Crippen LogP contribution in [0.25, 0.3) is 0 Å². The molecule has 1 aliphatic carbocycles. The first-order chi connectivity index (χ1) is 12.0. The standard InChI is InChI=1S/C20H22ClNO3S/c1-12-4-7-15(21)10-14(12)11-17(23)19-18(20(19,2)3)13-5-8-16(9-6-13)26(22,24)25/h4-10,18-19H,11H2,1-3H3,(H2,22,24,25)/t18-,19-/m1/s1. The first-order valence-corrected chi connectivity index (χ1v) is 10.3. The highest BCUT2D eigenvalue weighted by atomic mass is 35.5. The van der Waals surface area contributed by atoms with E-state index in [0.29, 0.717) is 11.4 Å². The van der Waals surface area contributed by atoms with E-state index in [0.717, 1.165) is 16.7 Å². The number of primary sulfonamides is 1. The molecule has 0 unspecified atom stereocenters. The number of carbonyl (C=O) groups excluding carboxylic acids is 1. The molecule has 0 amide bonds. The summed E-state index contributed by atoms with van der Waals surface area (Å²) in [6, 6.07) is 12.1. The van der Waals surface area contributed by atoms with Gasteiger partial charge in [0.05, 0.1) is 4.90 Å². The Bertz CT molecular complexity index is 965. The quantitative estimate of drug-likeness (QED) is 0.840. The zero-order valence-corrected chi connectivity index (χ0v) is 16.6. The molecular formula is C20H22ClNO3S. The molecular weight excluding hydrogens is 370 g/mol. The van der Waals surface area contributed by atoms with Crippen molar-refractivity contribution in [3.63, 3.8) is 0 Å². The maximum absolute atomic E-state index is 12.9. The van der Waals surface area contributed by atoms with Crippen LogP contribution in [0.1, 0.15) is 36.5 Å². The van der Waals surface area contributed by atoms with Gasteiger partial charge in [0.15, 0.2) is 0 Å². The third kappa shape index (κ3) is 3.56. The first-order valence-electron chi connectivity index (χ1n) is 8.42. The molecule has 2 atom stereocenters. The predicted octanol–water partition coefficient (Wildman–Crippen LogP) is 3.85. The number of hydrogen-bond acceptors (Lipinski definition) is 3. The van der Waals surface area contributed by atoms with Crippen LogP contribution in [0.15, 0.2) is 47.4 Å². The summed E-state index contributed by atoms with van der Waals surface area (Å²) >= 11 is 6.06. The van der Waals surface area contributed by atoms with Gasteiger partial charge in [-0.2, -0.15) is 0 Å². The lowest BCUT2D eigenvalue weighted by Gasteiger charge is -2.06. The summed E-state index contributed by atoms with van der Waals surface area (Å²) in [5.41, 5.74) is 2.81. The van der Waals surface area contributed by atoms with E-state index in [4.69, 9.17) is 16.7 Å². The van der Waals surface area contributed by atoms with E-state index in [2.05, 4.69) is 13.8 Å². The molecule has 4 nitrogen and oxygen atoms in total. The Labute approximate surface area is 159 Å². The zero-order valence-electron chi connectivity index (χ0n) is 15.0. The van der Waals surface area contributed by atoms with Gasteiger partial charge in [0.1, 0.15) is 5.78 Å². The monoisotopic (exact) mass is 391 g/mol. The molecule has 0 saturated heterocycles. The number of sulfonamides is 1. The molecule has 0 heterocycles. The minimum Gasteiger partial charge on any atom is -0.299 e. The first kappa shape index (κ1) is 19.1. The minimum absolute atomic E-state index is 0.0732. The lowest BCUT2D eigenvalue weighted by atomic mass is 9.98. The van der Waals surface area contributed by atoms with Crippen molar-refractivity contribution in [3.8, 4) is 0 Å². The van der Waals surface area contributed by atoms with Crippen LogP contribution in [-0.2, 0) is 21.2 Å². The van der Waals surface area contributed by atoms with Crippen LogP contribution in [0.4, 0.5) is 0 Å². The second-order valence-electron chi connectivity index (χ2n) is 7.60. The van der Waals surface area contributed by atoms with E-state index < -0.39 is 10.0 Å². The number of ketones is 1. The van der Waals surface area contributed by atoms with Gasteiger partial charge in [0, 0.05) is 17.4 Å². The van der Waals surface area contributed by atoms with Crippen LogP contribution in [-0.4, -0.2) is 14.2 Å². The SMILES string of the molecule is Cc1ccc(Cl)cc1CC(=O)[C@@H]1[C@@H](c2ccc(S(N)(=O)=O)cc2)C1(C)C. The van der Waals surface area contributed by atoms with Gasteiger partial charge in [0.2, 0.25) is 10.0 Å². The van der Waals surface area contributed by atoms with E-state index >= 15 is 0 Å². The lowest BCUT2D eigenvalue weighted by molar-refractivity contribution is -0.120. The lowest BCUT2D eigenvalue weighted by Crippen LogP contribution is -2.12. The fourth-order valence-electron chi connectivity index (χ4n) is 3.85. The molecule has 6 heteroatoms. The fraction of sp³-hybridized carbons (Fsp3) is 0.350. The predicted molar refractivity (Wildman–Crippen MR) is 103 cm³/mol. The van der Waals surface area contributed by atoms with Crippen LogP contribution in [0.3, 0.4) is 0 Å². The van der Waals surface area contributed by atoms with Gasteiger partial charge in [0.25, 0.3) is 0 Å². The average molecular weight is 392 g/mol. The summed E-state index contributed by atoms with van der Waals surface area (Å²) in [5.74, 6) is 0.158. The summed E-state index contributed by atoms with van der Waals surface area (Å²) < 4.78 is 22.8. The summed E-state index contributed by atoms with van der Waals surface area (Å²) in [4.78, 5) is 13.0. The third-order valence-corrected chi connectivity index (χ3v) is 6.58. The number of halogens is 1. The van der Waals surface area contributed by atoms with Gasteiger partial charge in [-0.15, -0.1) is 0 Å².